The maximum Gasteiger partial charge on any atom is 0.320 e. The van der Waals surface area contributed by atoms with Crippen molar-refractivity contribution < 1.29 is 14.0 Å². The van der Waals surface area contributed by atoms with E-state index in [0.29, 0.717) is 6.54 Å². The van der Waals surface area contributed by atoms with E-state index in [-0.39, 0.29) is 22.7 Å². The minimum atomic E-state index is -0.663. The molecule has 3 amide bonds. The number of amides is 3. The highest BCUT2D eigenvalue weighted by atomic mass is 19.1. The first kappa shape index (κ1) is 16.9. The minimum Gasteiger partial charge on any atom is -0.364 e. The largest absolute Gasteiger partial charge is 0.364 e. The number of halogens is 1. The lowest BCUT2D eigenvalue weighted by Crippen LogP contribution is -2.46. The van der Waals surface area contributed by atoms with Gasteiger partial charge < -0.3 is 11.1 Å². The van der Waals surface area contributed by atoms with Crippen LogP contribution in [0.15, 0.2) is 42.5 Å². The summed E-state index contributed by atoms with van der Waals surface area (Å²) in [4.78, 5) is 27.2. The predicted octanol–water partition coefficient (Wildman–Crippen LogP) is 2.56. The van der Waals surface area contributed by atoms with Crippen molar-refractivity contribution in [2.45, 2.75) is 24.7 Å². The molecule has 1 aromatic carbocycles. The Morgan fingerprint density at radius 3 is 2.60 bits per heavy atom. The van der Waals surface area contributed by atoms with E-state index in [9.17, 15) is 14.0 Å². The first-order valence-electron chi connectivity index (χ1n) is 8.06. The van der Waals surface area contributed by atoms with Crippen LogP contribution in [0.2, 0.25) is 0 Å². The monoisotopic (exact) mass is 342 g/mol. The van der Waals surface area contributed by atoms with Gasteiger partial charge in [0, 0.05) is 12.0 Å². The summed E-state index contributed by atoms with van der Waals surface area (Å²) in [6.45, 7) is 0.401. The Kier molecular flexibility index (Phi) is 4.65. The number of hydrogen-bond donors (Lipinski definition) is 3. The standard InChI is InChI=1S/C18H19FN4O2/c19-13-5-1-4-12(10-13)18(8-3-9-18)11-21-17(25)23-15-7-2-6-14(22-15)16(20)24/h1-2,4-7,10H,3,8-9,11H2,(H2,20,24)(H2,21,22,23,25). The number of hydrogen-bond acceptors (Lipinski definition) is 3. The van der Waals surface area contributed by atoms with Gasteiger partial charge in [-0.1, -0.05) is 24.6 Å². The second-order valence-electron chi connectivity index (χ2n) is 6.22. The molecule has 2 aromatic rings. The Morgan fingerprint density at radius 1 is 1.20 bits per heavy atom. The SMILES string of the molecule is NC(=O)c1cccc(NC(=O)NCC2(c3cccc(F)c3)CCC2)n1. The first-order chi connectivity index (χ1) is 12.0. The lowest BCUT2D eigenvalue weighted by molar-refractivity contribution is 0.0995. The average Bonchev–Trinajstić information content (AvgIpc) is 2.54. The van der Waals surface area contributed by atoms with Crippen molar-refractivity contribution in [1.82, 2.24) is 10.3 Å². The molecule has 0 bridgehead atoms. The first-order valence-corrected chi connectivity index (χ1v) is 8.06. The Labute approximate surface area is 144 Å². The van der Waals surface area contributed by atoms with Crippen LogP contribution in [0.25, 0.3) is 0 Å². The van der Waals surface area contributed by atoms with Gasteiger partial charge in [0.05, 0.1) is 0 Å². The number of anilines is 1. The Bertz CT molecular complexity index is 805. The summed E-state index contributed by atoms with van der Waals surface area (Å²) in [5.74, 6) is -0.702. The van der Waals surface area contributed by atoms with E-state index < -0.39 is 11.9 Å². The van der Waals surface area contributed by atoms with Crippen molar-refractivity contribution in [3.63, 3.8) is 0 Å². The van der Waals surface area contributed by atoms with Gasteiger partial charge in [0.25, 0.3) is 5.91 Å². The molecule has 1 aliphatic carbocycles. The third-order valence-electron chi connectivity index (χ3n) is 4.58. The van der Waals surface area contributed by atoms with Crippen molar-refractivity contribution in [3.8, 4) is 0 Å². The molecule has 0 unspecified atom stereocenters. The number of nitrogens with zero attached hydrogens (tertiary/aromatic N) is 1. The average molecular weight is 342 g/mol. The highest BCUT2D eigenvalue weighted by Gasteiger charge is 2.39. The van der Waals surface area contributed by atoms with Crippen molar-refractivity contribution in [1.29, 1.82) is 0 Å². The molecular formula is C18H19FN4O2. The Morgan fingerprint density at radius 2 is 1.96 bits per heavy atom. The molecule has 1 saturated carbocycles. The molecule has 130 valence electrons. The number of carbonyl (C=O) groups is 2. The number of carbonyl (C=O) groups excluding carboxylic acids is 2. The third-order valence-corrected chi connectivity index (χ3v) is 4.58. The van der Waals surface area contributed by atoms with Gasteiger partial charge in [0.2, 0.25) is 0 Å². The van der Waals surface area contributed by atoms with Crippen LogP contribution in [0.5, 0.6) is 0 Å². The zero-order chi connectivity index (χ0) is 17.9. The molecule has 3 rings (SSSR count). The second kappa shape index (κ2) is 6.88. The van der Waals surface area contributed by atoms with Crippen LogP contribution in [0.1, 0.15) is 35.3 Å². The number of benzene rings is 1. The zero-order valence-corrected chi connectivity index (χ0v) is 13.6. The number of aromatic nitrogens is 1. The van der Waals surface area contributed by atoms with Gasteiger partial charge in [-0.05, 0) is 42.7 Å². The fourth-order valence-electron chi connectivity index (χ4n) is 3.04. The number of primary amides is 1. The Hall–Kier alpha value is -2.96. The highest BCUT2D eigenvalue weighted by Crippen LogP contribution is 2.43. The molecule has 0 saturated heterocycles. The molecule has 1 fully saturated rings. The molecule has 0 spiro atoms. The van der Waals surface area contributed by atoms with Crippen molar-refractivity contribution in [2.75, 3.05) is 11.9 Å². The number of pyridine rings is 1. The predicted molar refractivity (Wildman–Crippen MR) is 91.7 cm³/mol. The topological polar surface area (TPSA) is 97.1 Å². The Balaban J connectivity index is 1.63. The van der Waals surface area contributed by atoms with E-state index >= 15 is 0 Å². The van der Waals surface area contributed by atoms with Crippen LogP contribution < -0.4 is 16.4 Å². The molecule has 7 heteroatoms. The molecular weight excluding hydrogens is 323 g/mol. The summed E-state index contributed by atoms with van der Waals surface area (Å²) >= 11 is 0. The fraction of sp³-hybridized carbons (Fsp3) is 0.278. The van der Waals surface area contributed by atoms with Crippen LogP contribution >= 0.6 is 0 Å². The van der Waals surface area contributed by atoms with E-state index in [2.05, 4.69) is 15.6 Å². The summed E-state index contributed by atoms with van der Waals surface area (Å²) in [6, 6.07) is 10.7. The van der Waals surface area contributed by atoms with Gasteiger partial charge in [-0.25, -0.2) is 14.2 Å². The maximum atomic E-state index is 13.5. The van der Waals surface area contributed by atoms with E-state index in [1.165, 1.54) is 18.2 Å². The van der Waals surface area contributed by atoms with E-state index in [1.807, 2.05) is 6.07 Å². The highest BCUT2D eigenvalue weighted by molar-refractivity contribution is 5.92. The van der Waals surface area contributed by atoms with Crippen molar-refractivity contribution in [2.24, 2.45) is 5.73 Å². The van der Waals surface area contributed by atoms with Crippen LogP contribution in [-0.2, 0) is 5.41 Å². The van der Waals surface area contributed by atoms with Crippen LogP contribution in [0.4, 0.5) is 15.0 Å². The maximum absolute atomic E-state index is 13.5. The molecule has 25 heavy (non-hydrogen) atoms. The lowest BCUT2D eigenvalue weighted by Gasteiger charge is -2.42. The van der Waals surface area contributed by atoms with Gasteiger partial charge in [-0.2, -0.15) is 0 Å². The molecule has 6 nitrogen and oxygen atoms in total. The van der Waals surface area contributed by atoms with Gasteiger partial charge in [-0.3, -0.25) is 10.1 Å². The minimum absolute atomic E-state index is 0.0769. The molecule has 1 heterocycles. The number of urea groups is 1. The second-order valence-corrected chi connectivity index (χ2v) is 6.22. The van der Waals surface area contributed by atoms with E-state index in [0.717, 1.165) is 24.8 Å². The molecule has 1 aromatic heterocycles. The summed E-state index contributed by atoms with van der Waals surface area (Å²) in [5, 5.41) is 5.39. The molecule has 0 radical (unpaired) electrons. The quantitative estimate of drug-likeness (QED) is 0.779. The van der Waals surface area contributed by atoms with E-state index in [4.69, 9.17) is 5.73 Å². The smallest absolute Gasteiger partial charge is 0.320 e. The molecule has 0 atom stereocenters. The van der Waals surface area contributed by atoms with Gasteiger partial charge in [0.15, 0.2) is 0 Å². The number of rotatable bonds is 5. The zero-order valence-electron chi connectivity index (χ0n) is 13.6. The van der Waals surface area contributed by atoms with Crippen LogP contribution in [0, 0.1) is 5.82 Å². The van der Waals surface area contributed by atoms with Crippen molar-refractivity contribution in [3.05, 3.63) is 59.5 Å². The normalized spacial score (nSPS) is 15.1. The fourth-order valence-corrected chi connectivity index (χ4v) is 3.04. The molecule has 1 aliphatic rings. The number of nitrogens with one attached hydrogen (secondary N) is 2. The van der Waals surface area contributed by atoms with Gasteiger partial charge >= 0.3 is 6.03 Å². The van der Waals surface area contributed by atoms with Gasteiger partial charge in [0.1, 0.15) is 17.3 Å². The number of nitrogens with two attached hydrogens (primary N) is 1. The molecule has 4 N–H and O–H groups in total. The summed E-state index contributed by atoms with van der Waals surface area (Å²) in [5.41, 5.74) is 5.91. The lowest BCUT2D eigenvalue weighted by atomic mass is 9.64. The van der Waals surface area contributed by atoms with Crippen molar-refractivity contribution >= 4 is 17.8 Å². The summed E-state index contributed by atoms with van der Waals surface area (Å²) < 4.78 is 13.5. The van der Waals surface area contributed by atoms with E-state index in [1.54, 1.807) is 18.2 Å². The third kappa shape index (κ3) is 3.76. The van der Waals surface area contributed by atoms with Crippen LogP contribution in [0.3, 0.4) is 0 Å². The summed E-state index contributed by atoms with van der Waals surface area (Å²) in [7, 11) is 0. The molecule has 0 aliphatic heterocycles. The summed E-state index contributed by atoms with van der Waals surface area (Å²) in [6.07, 6.45) is 2.83. The van der Waals surface area contributed by atoms with Gasteiger partial charge in [-0.15, -0.1) is 0 Å². The van der Waals surface area contributed by atoms with Crippen LogP contribution in [-0.4, -0.2) is 23.5 Å².